The molecule has 2 N–H and O–H groups in total. The highest BCUT2D eigenvalue weighted by Crippen LogP contribution is 2.24. The quantitative estimate of drug-likeness (QED) is 0.856. The molecule has 0 radical (unpaired) electrons. The fourth-order valence-electron chi connectivity index (χ4n) is 3.29. The van der Waals surface area contributed by atoms with Crippen LogP contribution in [0.2, 0.25) is 0 Å². The van der Waals surface area contributed by atoms with Crippen molar-refractivity contribution in [2.24, 2.45) is 5.73 Å². The molecule has 0 aliphatic heterocycles. The third-order valence-electron chi connectivity index (χ3n) is 4.39. The highest BCUT2D eigenvalue weighted by molar-refractivity contribution is 5.49. The molecular formula is C18H28N2. The smallest absolute Gasteiger partial charge is 0.0407 e. The van der Waals surface area contributed by atoms with Gasteiger partial charge in [-0.2, -0.15) is 0 Å². The fraction of sp³-hybridized carbons (Fsp3) is 0.556. The molecule has 1 aromatic rings. The number of nitrogens with two attached hydrogens (primary N) is 1. The van der Waals surface area contributed by atoms with Crippen molar-refractivity contribution in [1.82, 2.24) is 4.90 Å². The molecule has 110 valence electrons. The third-order valence-corrected chi connectivity index (χ3v) is 4.39. The molecule has 0 saturated heterocycles. The van der Waals surface area contributed by atoms with Crippen LogP contribution in [0.4, 0.5) is 0 Å². The fourth-order valence-corrected chi connectivity index (χ4v) is 3.29. The van der Waals surface area contributed by atoms with E-state index in [2.05, 4.69) is 54.3 Å². The first kappa shape index (κ1) is 15.3. The third kappa shape index (κ3) is 4.19. The van der Waals surface area contributed by atoms with Gasteiger partial charge < -0.3 is 5.73 Å². The number of hydrogen-bond acceptors (Lipinski definition) is 2. The summed E-state index contributed by atoms with van der Waals surface area (Å²) in [5.74, 6) is 0. The van der Waals surface area contributed by atoms with Gasteiger partial charge >= 0.3 is 0 Å². The Hall–Kier alpha value is -1.12. The average Bonchev–Trinajstić information content (AvgIpc) is 2.53. The van der Waals surface area contributed by atoms with Crippen molar-refractivity contribution in [3.05, 3.63) is 42.0 Å². The van der Waals surface area contributed by atoms with Crippen LogP contribution in [0.15, 0.2) is 36.4 Å². The van der Waals surface area contributed by atoms with Crippen LogP contribution < -0.4 is 5.73 Å². The molecule has 2 rings (SSSR count). The van der Waals surface area contributed by atoms with Crippen LogP contribution in [-0.2, 0) is 0 Å². The summed E-state index contributed by atoms with van der Waals surface area (Å²) in [6.07, 6.45) is 11.3. The van der Waals surface area contributed by atoms with Gasteiger partial charge in [0.2, 0.25) is 0 Å². The molecule has 1 fully saturated rings. The molecule has 1 aliphatic rings. The summed E-state index contributed by atoms with van der Waals surface area (Å²) in [6, 6.07) is 11.6. The monoisotopic (exact) mass is 272 g/mol. The van der Waals surface area contributed by atoms with E-state index in [9.17, 15) is 0 Å². The Labute approximate surface area is 123 Å². The Kier molecular flexibility index (Phi) is 6.28. The van der Waals surface area contributed by atoms with Gasteiger partial charge in [0.05, 0.1) is 0 Å². The normalized spacial score (nSPS) is 18.8. The molecule has 1 aromatic carbocycles. The Morgan fingerprint density at radius 3 is 2.50 bits per heavy atom. The second-order valence-corrected chi connectivity index (χ2v) is 5.70. The lowest BCUT2D eigenvalue weighted by molar-refractivity contribution is 0.136. The Balaban J connectivity index is 2.03. The molecule has 2 nitrogen and oxygen atoms in total. The number of hydrogen-bond donors (Lipinski definition) is 1. The molecule has 1 unspecified atom stereocenters. The van der Waals surface area contributed by atoms with Crippen molar-refractivity contribution < 1.29 is 0 Å². The van der Waals surface area contributed by atoms with Gasteiger partial charge in [-0.15, -0.1) is 0 Å². The maximum absolute atomic E-state index is 6.03. The zero-order valence-corrected chi connectivity index (χ0v) is 12.7. The number of likely N-dealkylation sites (N-methyl/N-ethyl adjacent to an activating group) is 1. The average molecular weight is 272 g/mol. The zero-order valence-electron chi connectivity index (χ0n) is 12.7. The van der Waals surface area contributed by atoms with Gasteiger partial charge in [0, 0.05) is 18.6 Å². The van der Waals surface area contributed by atoms with E-state index in [4.69, 9.17) is 5.73 Å². The first-order valence-electron chi connectivity index (χ1n) is 8.04. The minimum atomic E-state index is 0.364. The lowest BCUT2D eigenvalue weighted by Gasteiger charge is -2.37. The largest absolute Gasteiger partial charge is 0.329 e. The summed E-state index contributed by atoms with van der Waals surface area (Å²) in [6.45, 7) is 4.05. The summed E-state index contributed by atoms with van der Waals surface area (Å²) in [5.41, 5.74) is 7.28. The van der Waals surface area contributed by atoms with Crippen molar-refractivity contribution in [2.75, 3.05) is 13.1 Å². The number of benzene rings is 1. The van der Waals surface area contributed by atoms with Crippen molar-refractivity contribution in [1.29, 1.82) is 0 Å². The molecule has 0 spiro atoms. The van der Waals surface area contributed by atoms with Crippen LogP contribution >= 0.6 is 0 Å². The van der Waals surface area contributed by atoms with Crippen LogP contribution in [0.1, 0.15) is 44.6 Å². The first-order valence-corrected chi connectivity index (χ1v) is 8.04. The molecule has 0 amide bonds. The number of rotatable bonds is 6. The van der Waals surface area contributed by atoms with E-state index < -0.39 is 0 Å². The highest BCUT2D eigenvalue weighted by Gasteiger charge is 2.24. The van der Waals surface area contributed by atoms with Gasteiger partial charge in [-0.25, -0.2) is 0 Å². The summed E-state index contributed by atoms with van der Waals surface area (Å²) in [4.78, 5) is 2.60. The summed E-state index contributed by atoms with van der Waals surface area (Å²) in [5, 5.41) is 0. The predicted octanol–water partition coefficient (Wildman–Crippen LogP) is 3.68. The van der Waals surface area contributed by atoms with Gasteiger partial charge in [0.1, 0.15) is 0 Å². The van der Waals surface area contributed by atoms with Crippen molar-refractivity contribution in [3.63, 3.8) is 0 Å². The van der Waals surface area contributed by atoms with Crippen molar-refractivity contribution in [2.45, 2.75) is 51.1 Å². The van der Waals surface area contributed by atoms with Crippen LogP contribution in [0.3, 0.4) is 0 Å². The Morgan fingerprint density at radius 1 is 1.20 bits per heavy atom. The summed E-state index contributed by atoms with van der Waals surface area (Å²) >= 11 is 0. The molecule has 0 bridgehead atoms. The zero-order chi connectivity index (χ0) is 14.2. The molecule has 1 aliphatic carbocycles. The van der Waals surface area contributed by atoms with E-state index in [0.717, 1.165) is 12.6 Å². The van der Waals surface area contributed by atoms with E-state index in [1.54, 1.807) is 0 Å². The topological polar surface area (TPSA) is 29.3 Å². The van der Waals surface area contributed by atoms with Gasteiger partial charge in [0.25, 0.3) is 0 Å². The van der Waals surface area contributed by atoms with E-state index in [1.165, 1.54) is 37.7 Å². The van der Waals surface area contributed by atoms with Gasteiger partial charge in [-0.3, -0.25) is 4.90 Å². The molecule has 2 heteroatoms. The van der Waals surface area contributed by atoms with E-state index in [-0.39, 0.29) is 0 Å². The first-order chi connectivity index (χ1) is 9.85. The second-order valence-electron chi connectivity index (χ2n) is 5.70. The van der Waals surface area contributed by atoms with E-state index >= 15 is 0 Å². The lowest BCUT2D eigenvalue weighted by Crippen LogP contribution is -2.46. The van der Waals surface area contributed by atoms with Gasteiger partial charge in [-0.1, -0.05) is 68.7 Å². The molecule has 0 aromatic heterocycles. The van der Waals surface area contributed by atoms with E-state index in [0.29, 0.717) is 12.6 Å². The molecule has 1 saturated carbocycles. The van der Waals surface area contributed by atoms with Crippen LogP contribution in [-0.4, -0.2) is 30.1 Å². The van der Waals surface area contributed by atoms with Gasteiger partial charge in [-0.05, 0) is 24.9 Å². The summed E-state index contributed by atoms with van der Waals surface area (Å²) in [7, 11) is 0. The second kappa shape index (κ2) is 8.23. The molecular weight excluding hydrogens is 244 g/mol. The minimum Gasteiger partial charge on any atom is -0.329 e. The van der Waals surface area contributed by atoms with Gasteiger partial charge in [0.15, 0.2) is 0 Å². The standard InChI is InChI=1S/C18H28N2/c1-2-20(17-11-7-4-8-12-17)18(15-19)14-13-16-9-5-3-6-10-16/h3,5-6,9-10,13-14,17-18H,2,4,7-8,11-12,15,19H2,1H3/b14-13-. The maximum atomic E-state index is 6.03. The highest BCUT2D eigenvalue weighted by atomic mass is 15.2. The Morgan fingerprint density at radius 2 is 1.90 bits per heavy atom. The van der Waals surface area contributed by atoms with E-state index in [1.807, 2.05) is 0 Å². The van der Waals surface area contributed by atoms with Crippen LogP contribution in [0, 0.1) is 0 Å². The van der Waals surface area contributed by atoms with Crippen LogP contribution in [0.5, 0.6) is 0 Å². The Bertz CT molecular complexity index is 393. The maximum Gasteiger partial charge on any atom is 0.0407 e. The van der Waals surface area contributed by atoms with Crippen molar-refractivity contribution in [3.8, 4) is 0 Å². The SMILES string of the molecule is CCN(C(/C=C\c1ccccc1)CN)C1CCCCC1. The van der Waals surface area contributed by atoms with Crippen molar-refractivity contribution >= 4 is 6.08 Å². The summed E-state index contributed by atoms with van der Waals surface area (Å²) < 4.78 is 0. The van der Waals surface area contributed by atoms with Crippen LogP contribution in [0.25, 0.3) is 6.08 Å². The molecule has 0 heterocycles. The molecule has 20 heavy (non-hydrogen) atoms. The minimum absolute atomic E-state index is 0.364. The molecule has 1 atom stereocenters. The predicted molar refractivity (Wildman–Crippen MR) is 87.6 cm³/mol. The lowest BCUT2D eigenvalue weighted by atomic mass is 9.93. The number of nitrogens with zero attached hydrogens (tertiary/aromatic N) is 1.